The number of esters is 1. The van der Waals surface area contributed by atoms with Crippen LogP contribution in [0.5, 0.6) is 17.2 Å². The number of nitrogens with one attached hydrogen (secondary N) is 1. The number of amides is 1. The van der Waals surface area contributed by atoms with E-state index < -0.39 is 11.9 Å². The summed E-state index contributed by atoms with van der Waals surface area (Å²) in [5.74, 6) is -0.0234. The third-order valence-electron chi connectivity index (χ3n) is 3.58. The summed E-state index contributed by atoms with van der Waals surface area (Å²) in [6.45, 7) is -0.323. The number of carbonyl (C=O) groups excluding carboxylic acids is 2. The number of benzene rings is 2. The molecule has 0 unspecified atom stereocenters. The van der Waals surface area contributed by atoms with Gasteiger partial charge in [-0.15, -0.1) is 0 Å². The van der Waals surface area contributed by atoms with Crippen molar-refractivity contribution in [3.05, 3.63) is 47.5 Å². The number of hydrogen-bond acceptors (Lipinski definition) is 7. The maximum atomic E-state index is 12.6. The minimum absolute atomic E-state index is 0.216. The molecule has 1 N–H and O–H groups in total. The van der Waals surface area contributed by atoms with Gasteiger partial charge in [-0.25, -0.2) is 4.79 Å². The molecule has 8 nitrogen and oxygen atoms in total. The first-order valence-electron chi connectivity index (χ1n) is 7.79. The van der Waals surface area contributed by atoms with Gasteiger partial charge in [0, 0.05) is 5.56 Å². The molecule has 0 saturated carbocycles. The second-order valence-electron chi connectivity index (χ2n) is 5.21. The zero-order chi connectivity index (χ0) is 19.8. The van der Waals surface area contributed by atoms with Crippen LogP contribution in [0.15, 0.2) is 36.4 Å². The Morgan fingerprint density at radius 2 is 1.70 bits per heavy atom. The van der Waals surface area contributed by atoms with Crippen molar-refractivity contribution in [2.45, 2.75) is 0 Å². The lowest BCUT2D eigenvalue weighted by atomic mass is 10.1. The summed E-state index contributed by atoms with van der Waals surface area (Å²) in [6, 6.07) is 11.2. The Labute approximate surface area is 156 Å². The van der Waals surface area contributed by atoms with Crippen LogP contribution in [0.1, 0.15) is 15.9 Å². The van der Waals surface area contributed by atoms with E-state index in [9.17, 15) is 9.59 Å². The molecule has 0 radical (unpaired) electrons. The maximum Gasteiger partial charge on any atom is 0.343 e. The average molecular weight is 370 g/mol. The van der Waals surface area contributed by atoms with E-state index in [1.54, 1.807) is 24.3 Å². The molecule has 0 aromatic heterocycles. The first kappa shape index (κ1) is 19.6. The summed E-state index contributed by atoms with van der Waals surface area (Å²) in [6.07, 6.45) is 0. The fourth-order valence-electron chi connectivity index (χ4n) is 2.20. The van der Waals surface area contributed by atoms with Crippen LogP contribution in [0.4, 0.5) is 5.69 Å². The Kier molecular flexibility index (Phi) is 6.61. The van der Waals surface area contributed by atoms with E-state index in [4.69, 9.17) is 19.5 Å². The lowest BCUT2D eigenvalue weighted by Crippen LogP contribution is -2.15. The second kappa shape index (κ2) is 9.10. The standard InChI is InChI=1S/C19H18N2O6/c1-24-15-6-4-12(10-20)8-14(15)21-19(23)13-5-7-16(25-2)17(9-13)27-11-18(22)26-3/h4-9H,11H2,1-3H3,(H,21,23). The number of methoxy groups -OCH3 is 3. The first-order valence-corrected chi connectivity index (χ1v) is 7.79. The largest absolute Gasteiger partial charge is 0.495 e. The molecule has 0 aliphatic heterocycles. The normalized spacial score (nSPS) is 9.70. The van der Waals surface area contributed by atoms with Crippen molar-refractivity contribution in [3.8, 4) is 23.3 Å². The van der Waals surface area contributed by atoms with E-state index >= 15 is 0 Å². The summed E-state index contributed by atoms with van der Waals surface area (Å²) in [5.41, 5.74) is 0.998. The molecule has 2 rings (SSSR count). The molecule has 0 bridgehead atoms. The predicted molar refractivity (Wildman–Crippen MR) is 96.2 cm³/mol. The molecule has 140 valence electrons. The minimum atomic E-state index is -0.565. The van der Waals surface area contributed by atoms with E-state index in [1.165, 1.54) is 33.5 Å². The van der Waals surface area contributed by atoms with Gasteiger partial charge in [0.1, 0.15) is 5.75 Å². The Morgan fingerprint density at radius 1 is 1.00 bits per heavy atom. The van der Waals surface area contributed by atoms with Gasteiger partial charge in [-0.2, -0.15) is 5.26 Å². The SMILES string of the molecule is COC(=O)COc1cc(C(=O)Nc2cc(C#N)ccc2OC)ccc1OC. The lowest BCUT2D eigenvalue weighted by molar-refractivity contribution is -0.142. The molecule has 1 amide bonds. The van der Waals surface area contributed by atoms with E-state index in [2.05, 4.69) is 10.1 Å². The Balaban J connectivity index is 2.26. The first-order chi connectivity index (χ1) is 13.0. The van der Waals surface area contributed by atoms with Gasteiger partial charge in [0.15, 0.2) is 18.1 Å². The topological polar surface area (TPSA) is 107 Å². The van der Waals surface area contributed by atoms with E-state index in [0.717, 1.165) is 0 Å². The fraction of sp³-hybridized carbons (Fsp3) is 0.211. The monoisotopic (exact) mass is 370 g/mol. The van der Waals surface area contributed by atoms with Crippen molar-refractivity contribution in [1.29, 1.82) is 5.26 Å². The minimum Gasteiger partial charge on any atom is -0.495 e. The molecule has 0 saturated heterocycles. The summed E-state index contributed by atoms with van der Waals surface area (Å²) in [7, 11) is 4.15. The second-order valence-corrected chi connectivity index (χ2v) is 5.21. The van der Waals surface area contributed by atoms with Crippen molar-refractivity contribution in [1.82, 2.24) is 0 Å². The zero-order valence-electron chi connectivity index (χ0n) is 15.1. The highest BCUT2D eigenvalue weighted by atomic mass is 16.6. The average Bonchev–Trinajstić information content (AvgIpc) is 2.71. The molecule has 8 heteroatoms. The van der Waals surface area contributed by atoms with Crippen LogP contribution in [0.2, 0.25) is 0 Å². The summed E-state index contributed by atoms with van der Waals surface area (Å²) < 4.78 is 20.2. The Morgan fingerprint density at radius 3 is 2.33 bits per heavy atom. The molecule has 27 heavy (non-hydrogen) atoms. The van der Waals surface area contributed by atoms with Gasteiger partial charge in [0.2, 0.25) is 0 Å². The van der Waals surface area contributed by atoms with Crippen LogP contribution in [0.25, 0.3) is 0 Å². The van der Waals surface area contributed by atoms with Crippen LogP contribution in [-0.4, -0.2) is 39.8 Å². The van der Waals surface area contributed by atoms with E-state index in [1.807, 2.05) is 6.07 Å². The number of anilines is 1. The predicted octanol–water partition coefficient (Wildman–Crippen LogP) is 2.38. The molecular formula is C19H18N2O6. The lowest BCUT2D eigenvalue weighted by Gasteiger charge is -2.13. The number of nitrogens with zero attached hydrogens (tertiary/aromatic N) is 1. The Hall–Kier alpha value is -3.73. The molecule has 0 aliphatic rings. The van der Waals surface area contributed by atoms with Crippen LogP contribution < -0.4 is 19.5 Å². The number of rotatable bonds is 7. The van der Waals surface area contributed by atoms with Crippen molar-refractivity contribution >= 4 is 17.6 Å². The van der Waals surface area contributed by atoms with Crippen LogP contribution in [0.3, 0.4) is 0 Å². The zero-order valence-corrected chi connectivity index (χ0v) is 15.1. The third-order valence-corrected chi connectivity index (χ3v) is 3.58. The molecule has 2 aromatic carbocycles. The van der Waals surface area contributed by atoms with E-state index in [0.29, 0.717) is 22.7 Å². The van der Waals surface area contributed by atoms with Gasteiger partial charge in [-0.05, 0) is 36.4 Å². The number of hydrogen-bond donors (Lipinski definition) is 1. The molecule has 2 aromatic rings. The van der Waals surface area contributed by atoms with Gasteiger partial charge < -0.3 is 24.3 Å². The van der Waals surface area contributed by atoms with Crippen LogP contribution >= 0.6 is 0 Å². The van der Waals surface area contributed by atoms with Gasteiger partial charge in [0.25, 0.3) is 5.91 Å². The maximum absolute atomic E-state index is 12.6. The summed E-state index contributed by atoms with van der Waals surface area (Å²) in [5, 5.41) is 11.7. The number of nitriles is 1. The highest BCUT2D eigenvalue weighted by Crippen LogP contribution is 2.30. The molecule has 0 spiro atoms. The number of carbonyl (C=O) groups is 2. The van der Waals surface area contributed by atoms with Gasteiger partial charge in [-0.1, -0.05) is 0 Å². The molecular weight excluding hydrogens is 352 g/mol. The summed E-state index contributed by atoms with van der Waals surface area (Å²) >= 11 is 0. The molecule has 0 atom stereocenters. The quantitative estimate of drug-likeness (QED) is 0.746. The van der Waals surface area contributed by atoms with Crippen molar-refractivity contribution in [2.24, 2.45) is 0 Å². The van der Waals surface area contributed by atoms with Crippen LogP contribution in [0, 0.1) is 11.3 Å². The molecule has 0 aliphatic carbocycles. The van der Waals surface area contributed by atoms with Crippen molar-refractivity contribution in [3.63, 3.8) is 0 Å². The number of ether oxygens (including phenoxy) is 4. The van der Waals surface area contributed by atoms with Gasteiger partial charge in [0.05, 0.1) is 38.6 Å². The van der Waals surface area contributed by atoms with Gasteiger partial charge in [-0.3, -0.25) is 4.79 Å². The fourth-order valence-corrected chi connectivity index (χ4v) is 2.20. The smallest absolute Gasteiger partial charge is 0.343 e. The van der Waals surface area contributed by atoms with Crippen LogP contribution in [-0.2, 0) is 9.53 Å². The molecule has 0 heterocycles. The summed E-state index contributed by atoms with van der Waals surface area (Å²) in [4.78, 5) is 23.9. The van der Waals surface area contributed by atoms with Crippen molar-refractivity contribution < 1.29 is 28.5 Å². The van der Waals surface area contributed by atoms with Gasteiger partial charge >= 0.3 is 5.97 Å². The van der Waals surface area contributed by atoms with E-state index in [-0.39, 0.29) is 17.9 Å². The highest BCUT2D eigenvalue weighted by molar-refractivity contribution is 6.05. The Bertz CT molecular complexity index is 888. The molecule has 0 fully saturated rings. The van der Waals surface area contributed by atoms with Crippen molar-refractivity contribution in [2.75, 3.05) is 33.3 Å². The third kappa shape index (κ3) is 4.89. The highest BCUT2D eigenvalue weighted by Gasteiger charge is 2.15.